The molecule has 0 aliphatic rings. The fourth-order valence-corrected chi connectivity index (χ4v) is 4.12. The zero-order valence-electron chi connectivity index (χ0n) is 14.8. The molecule has 0 bridgehead atoms. The fraction of sp³-hybridized carbons (Fsp3) is 0.316. The van der Waals surface area contributed by atoms with Gasteiger partial charge in [-0.2, -0.15) is 4.72 Å². The summed E-state index contributed by atoms with van der Waals surface area (Å²) < 4.78 is 28.3. The van der Waals surface area contributed by atoms with E-state index in [1.807, 2.05) is 19.9 Å². The lowest BCUT2D eigenvalue weighted by molar-refractivity contribution is -0.132. The van der Waals surface area contributed by atoms with Crippen LogP contribution >= 0.6 is 0 Å². The Kier molecular flexibility index (Phi) is 6.33. The second-order valence-electron chi connectivity index (χ2n) is 5.74. The van der Waals surface area contributed by atoms with Crippen molar-refractivity contribution in [3.05, 3.63) is 65.7 Å². The molecule has 0 saturated heterocycles. The van der Waals surface area contributed by atoms with Crippen molar-refractivity contribution in [3.8, 4) is 0 Å². The molecule has 0 aliphatic heterocycles. The van der Waals surface area contributed by atoms with Gasteiger partial charge in [0.2, 0.25) is 15.9 Å². The smallest absolute Gasteiger partial charge is 0.245 e. The van der Waals surface area contributed by atoms with Gasteiger partial charge in [0.25, 0.3) is 0 Å². The first-order chi connectivity index (χ1) is 11.9. The maximum atomic E-state index is 12.9. The van der Waals surface area contributed by atoms with Gasteiger partial charge < -0.3 is 4.90 Å². The summed E-state index contributed by atoms with van der Waals surface area (Å²) in [4.78, 5) is 14.7. The predicted molar refractivity (Wildman–Crippen MR) is 98.6 cm³/mol. The summed E-state index contributed by atoms with van der Waals surface area (Å²) in [5, 5.41) is 0. The molecular formula is C19H24N2O3S. The van der Waals surface area contributed by atoms with E-state index in [1.165, 1.54) is 0 Å². The molecule has 134 valence electrons. The molecule has 2 aromatic carbocycles. The van der Waals surface area contributed by atoms with Gasteiger partial charge in [-0.3, -0.25) is 4.79 Å². The van der Waals surface area contributed by atoms with Crippen LogP contribution in [0.15, 0.2) is 59.5 Å². The molecule has 6 heteroatoms. The molecule has 25 heavy (non-hydrogen) atoms. The SMILES string of the molecule is CCN(CC)C(=O)[C@@H](NS(=O)(=O)c1ccccc1C)c1ccccc1. The molecule has 0 unspecified atom stereocenters. The number of hydrogen-bond donors (Lipinski definition) is 1. The van der Waals surface area contributed by atoms with E-state index in [0.29, 0.717) is 24.2 Å². The van der Waals surface area contributed by atoms with Crippen LogP contribution in [0.4, 0.5) is 0 Å². The van der Waals surface area contributed by atoms with Crippen LogP contribution in [-0.2, 0) is 14.8 Å². The highest BCUT2D eigenvalue weighted by atomic mass is 32.2. The number of rotatable bonds is 7. The minimum atomic E-state index is -3.83. The van der Waals surface area contributed by atoms with Crippen LogP contribution in [0, 0.1) is 6.92 Å². The molecule has 5 nitrogen and oxygen atoms in total. The van der Waals surface area contributed by atoms with Crippen molar-refractivity contribution in [2.24, 2.45) is 0 Å². The number of carbonyl (C=O) groups is 1. The molecule has 1 amide bonds. The van der Waals surface area contributed by atoms with Crippen molar-refractivity contribution in [1.29, 1.82) is 0 Å². The number of hydrogen-bond acceptors (Lipinski definition) is 3. The molecule has 0 fully saturated rings. The van der Waals surface area contributed by atoms with E-state index in [4.69, 9.17) is 0 Å². The first kappa shape index (κ1) is 19.1. The third kappa shape index (κ3) is 4.46. The maximum absolute atomic E-state index is 12.9. The highest BCUT2D eigenvalue weighted by molar-refractivity contribution is 7.89. The third-order valence-corrected chi connectivity index (χ3v) is 5.69. The summed E-state index contributed by atoms with van der Waals surface area (Å²) in [7, 11) is -3.83. The van der Waals surface area contributed by atoms with Crippen LogP contribution in [0.5, 0.6) is 0 Å². The van der Waals surface area contributed by atoms with Gasteiger partial charge in [0.1, 0.15) is 6.04 Å². The highest BCUT2D eigenvalue weighted by Gasteiger charge is 2.30. The first-order valence-corrected chi connectivity index (χ1v) is 9.80. The van der Waals surface area contributed by atoms with E-state index in [0.717, 1.165) is 0 Å². The number of nitrogens with zero attached hydrogens (tertiary/aromatic N) is 1. The minimum absolute atomic E-state index is 0.184. The Morgan fingerprint density at radius 2 is 1.56 bits per heavy atom. The minimum Gasteiger partial charge on any atom is -0.342 e. The number of aryl methyl sites for hydroxylation is 1. The molecule has 0 aromatic heterocycles. The van der Waals surface area contributed by atoms with Crippen LogP contribution < -0.4 is 4.72 Å². The standard InChI is InChI=1S/C19H24N2O3S/c1-4-21(5-2)19(22)18(16-12-7-6-8-13-16)20-25(23,24)17-14-10-9-11-15(17)3/h6-14,18,20H,4-5H2,1-3H3/t18-/m0/s1. The van der Waals surface area contributed by atoms with Gasteiger partial charge in [0.15, 0.2) is 0 Å². The Balaban J connectivity index is 2.43. The van der Waals surface area contributed by atoms with E-state index >= 15 is 0 Å². The molecule has 0 aliphatic carbocycles. The van der Waals surface area contributed by atoms with Crippen molar-refractivity contribution < 1.29 is 13.2 Å². The quantitative estimate of drug-likeness (QED) is 0.826. The Labute approximate surface area is 149 Å². The summed E-state index contributed by atoms with van der Waals surface area (Å²) in [6, 6.07) is 14.7. The number of amides is 1. The molecule has 0 heterocycles. The average Bonchev–Trinajstić information content (AvgIpc) is 2.61. The lowest BCUT2D eigenvalue weighted by atomic mass is 10.1. The van der Waals surface area contributed by atoms with Gasteiger partial charge in [-0.25, -0.2) is 8.42 Å². The van der Waals surface area contributed by atoms with Crippen molar-refractivity contribution in [3.63, 3.8) is 0 Å². The van der Waals surface area contributed by atoms with Gasteiger partial charge >= 0.3 is 0 Å². The van der Waals surface area contributed by atoms with E-state index in [1.54, 1.807) is 60.4 Å². The molecule has 2 rings (SSSR count). The highest BCUT2D eigenvalue weighted by Crippen LogP contribution is 2.21. The summed E-state index contributed by atoms with van der Waals surface area (Å²) in [6.45, 7) is 6.52. The van der Waals surface area contributed by atoms with Crippen molar-refractivity contribution >= 4 is 15.9 Å². The van der Waals surface area contributed by atoms with Gasteiger partial charge in [0, 0.05) is 13.1 Å². The fourth-order valence-electron chi connectivity index (χ4n) is 2.70. The lowest BCUT2D eigenvalue weighted by Gasteiger charge is -2.26. The Morgan fingerprint density at radius 3 is 2.12 bits per heavy atom. The van der Waals surface area contributed by atoms with Gasteiger partial charge in [-0.05, 0) is 38.0 Å². The molecule has 0 saturated carbocycles. The summed E-state index contributed by atoms with van der Waals surface area (Å²) in [5.74, 6) is -0.256. The monoisotopic (exact) mass is 360 g/mol. The van der Waals surface area contributed by atoms with E-state index in [-0.39, 0.29) is 10.8 Å². The van der Waals surface area contributed by atoms with Gasteiger partial charge in [-0.1, -0.05) is 48.5 Å². The van der Waals surface area contributed by atoms with E-state index in [2.05, 4.69) is 4.72 Å². The van der Waals surface area contributed by atoms with Crippen molar-refractivity contribution in [2.45, 2.75) is 31.7 Å². The van der Waals surface area contributed by atoms with Crippen LogP contribution in [0.2, 0.25) is 0 Å². The molecular weight excluding hydrogens is 336 g/mol. The number of benzene rings is 2. The zero-order valence-corrected chi connectivity index (χ0v) is 15.6. The van der Waals surface area contributed by atoms with Crippen LogP contribution in [0.1, 0.15) is 31.0 Å². The summed E-state index contributed by atoms with van der Waals surface area (Å²) in [5.41, 5.74) is 1.26. The first-order valence-electron chi connectivity index (χ1n) is 8.32. The summed E-state index contributed by atoms with van der Waals surface area (Å²) >= 11 is 0. The van der Waals surface area contributed by atoms with E-state index < -0.39 is 16.1 Å². The number of likely N-dealkylation sites (N-methyl/N-ethyl adjacent to an activating group) is 1. The van der Waals surface area contributed by atoms with Crippen LogP contribution in [0.25, 0.3) is 0 Å². The van der Waals surface area contributed by atoms with Crippen LogP contribution in [-0.4, -0.2) is 32.3 Å². The van der Waals surface area contributed by atoms with Crippen molar-refractivity contribution in [2.75, 3.05) is 13.1 Å². The Morgan fingerprint density at radius 1 is 1.00 bits per heavy atom. The zero-order chi connectivity index (χ0) is 18.4. The summed E-state index contributed by atoms with van der Waals surface area (Å²) in [6.07, 6.45) is 0. The lowest BCUT2D eigenvalue weighted by Crippen LogP contribution is -2.42. The number of sulfonamides is 1. The molecule has 2 aromatic rings. The van der Waals surface area contributed by atoms with Crippen molar-refractivity contribution in [1.82, 2.24) is 9.62 Å². The maximum Gasteiger partial charge on any atom is 0.245 e. The molecule has 1 atom stereocenters. The largest absolute Gasteiger partial charge is 0.342 e. The third-order valence-electron chi connectivity index (χ3n) is 4.11. The second kappa shape index (κ2) is 8.27. The Bertz CT molecular complexity index is 816. The van der Waals surface area contributed by atoms with E-state index in [9.17, 15) is 13.2 Å². The second-order valence-corrected chi connectivity index (χ2v) is 7.42. The normalized spacial score (nSPS) is 12.6. The molecule has 0 spiro atoms. The average molecular weight is 360 g/mol. The molecule has 1 N–H and O–H groups in total. The predicted octanol–water partition coefficient (Wildman–Crippen LogP) is 2.88. The van der Waals surface area contributed by atoms with Crippen LogP contribution in [0.3, 0.4) is 0 Å². The van der Waals surface area contributed by atoms with Gasteiger partial charge in [0.05, 0.1) is 4.90 Å². The molecule has 0 radical (unpaired) electrons. The Hall–Kier alpha value is -2.18. The van der Waals surface area contributed by atoms with Gasteiger partial charge in [-0.15, -0.1) is 0 Å². The number of carbonyl (C=O) groups excluding carboxylic acids is 1. The topological polar surface area (TPSA) is 66.5 Å². The number of nitrogens with one attached hydrogen (secondary N) is 1.